The molecular weight excluding hydrogens is 315 g/mol. The number of rotatable bonds is 7. The van der Waals surface area contributed by atoms with Crippen LogP contribution in [0.4, 0.5) is 0 Å². The molecule has 0 aliphatic heterocycles. The predicted octanol–water partition coefficient (Wildman–Crippen LogP) is 0.00730. The van der Waals surface area contributed by atoms with Crippen molar-refractivity contribution in [3.8, 4) is 0 Å². The van der Waals surface area contributed by atoms with Crippen LogP contribution in [0.25, 0.3) is 0 Å². The Morgan fingerprint density at radius 1 is 1.47 bits per heavy atom. The van der Waals surface area contributed by atoms with Crippen LogP contribution < -0.4 is 10.6 Å². The van der Waals surface area contributed by atoms with Gasteiger partial charge in [-0.25, -0.2) is 4.89 Å². The van der Waals surface area contributed by atoms with E-state index in [9.17, 15) is 4.79 Å². The van der Waals surface area contributed by atoms with Gasteiger partial charge in [-0.15, -0.1) is 0 Å². The predicted molar refractivity (Wildman–Crippen MR) is 65.3 cm³/mol. The zero-order chi connectivity index (χ0) is 12.1. The lowest BCUT2D eigenvalue weighted by Gasteiger charge is -2.09. The summed E-state index contributed by atoms with van der Waals surface area (Å²) in [5.41, 5.74) is 0. The highest BCUT2D eigenvalue weighted by molar-refractivity contribution is 14.1. The molecule has 0 spiro atoms. The van der Waals surface area contributed by atoms with Gasteiger partial charge in [0, 0.05) is 13.1 Å². The number of halogens is 1. The van der Waals surface area contributed by atoms with E-state index in [0.29, 0.717) is 13.1 Å². The SMILES string of the molecule is CC.CNCCNC(=O)C(O)COOI. The van der Waals surface area contributed by atoms with E-state index in [4.69, 9.17) is 5.11 Å². The molecule has 0 aromatic heterocycles. The van der Waals surface area contributed by atoms with E-state index in [1.54, 1.807) is 7.05 Å². The van der Waals surface area contributed by atoms with E-state index < -0.39 is 12.0 Å². The Kier molecular flexibility index (Phi) is 16.3. The number of nitrogens with one attached hydrogen (secondary N) is 2. The summed E-state index contributed by atoms with van der Waals surface area (Å²) in [5, 5.41) is 14.5. The molecular formula is C8H19IN2O4. The van der Waals surface area contributed by atoms with Crippen LogP contribution >= 0.6 is 23.0 Å². The Morgan fingerprint density at radius 2 is 2.07 bits per heavy atom. The molecule has 0 saturated heterocycles. The lowest BCUT2D eigenvalue weighted by Crippen LogP contribution is -2.40. The monoisotopic (exact) mass is 334 g/mol. The van der Waals surface area contributed by atoms with Crippen molar-refractivity contribution < 1.29 is 18.0 Å². The number of likely N-dealkylation sites (N-methyl/N-ethyl adjacent to an activating group) is 1. The molecule has 6 nitrogen and oxygen atoms in total. The third kappa shape index (κ3) is 12.0. The molecule has 1 atom stereocenters. The molecule has 0 fully saturated rings. The summed E-state index contributed by atoms with van der Waals surface area (Å²) in [4.78, 5) is 15.4. The highest BCUT2D eigenvalue weighted by Gasteiger charge is 2.14. The van der Waals surface area contributed by atoms with Crippen LogP contribution in [0, 0.1) is 0 Å². The van der Waals surface area contributed by atoms with Crippen molar-refractivity contribution >= 4 is 28.9 Å². The van der Waals surface area contributed by atoms with Gasteiger partial charge in [-0.05, 0) is 7.05 Å². The van der Waals surface area contributed by atoms with Gasteiger partial charge in [0.2, 0.25) is 0 Å². The fourth-order valence-electron chi connectivity index (χ4n) is 0.594. The fourth-order valence-corrected chi connectivity index (χ4v) is 0.741. The van der Waals surface area contributed by atoms with Gasteiger partial charge in [-0.1, -0.05) is 13.8 Å². The van der Waals surface area contributed by atoms with Gasteiger partial charge >= 0.3 is 0 Å². The highest BCUT2D eigenvalue weighted by Crippen LogP contribution is 1.91. The number of hydrogen-bond donors (Lipinski definition) is 3. The minimum absolute atomic E-state index is 0.172. The van der Waals surface area contributed by atoms with Crippen molar-refractivity contribution in [3.05, 3.63) is 0 Å². The van der Waals surface area contributed by atoms with E-state index in [1.807, 2.05) is 13.8 Å². The first-order valence-corrected chi connectivity index (χ1v) is 5.61. The fraction of sp³-hybridized carbons (Fsp3) is 0.875. The van der Waals surface area contributed by atoms with Gasteiger partial charge in [0.25, 0.3) is 5.91 Å². The second-order valence-electron chi connectivity index (χ2n) is 2.26. The number of carbonyl (C=O) groups excluding carboxylic acids is 1. The third-order valence-corrected chi connectivity index (χ3v) is 1.50. The summed E-state index contributed by atoms with van der Waals surface area (Å²) in [7, 11) is 1.77. The molecule has 0 aromatic carbocycles. The van der Waals surface area contributed by atoms with E-state index in [0.717, 1.165) is 0 Å². The molecule has 0 heterocycles. The van der Waals surface area contributed by atoms with Crippen molar-refractivity contribution in [1.29, 1.82) is 0 Å². The Balaban J connectivity index is 0. The van der Waals surface area contributed by atoms with E-state index in [1.165, 1.54) is 23.0 Å². The topological polar surface area (TPSA) is 79.8 Å². The second kappa shape index (κ2) is 14.0. The first kappa shape index (κ1) is 17.4. The maximum atomic E-state index is 11.0. The lowest BCUT2D eigenvalue weighted by molar-refractivity contribution is -0.189. The average molecular weight is 334 g/mol. The summed E-state index contributed by atoms with van der Waals surface area (Å²) in [6.45, 7) is 4.95. The smallest absolute Gasteiger partial charge is 0.251 e. The van der Waals surface area contributed by atoms with Gasteiger partial charge in [0.1, 0.15) is 6.61 Å². The highest BCUT2D eigenvalue weighted by atomic mass is 127. The first-order valence-electron chi connectivity index (χ1n) is 4.73. The van der Waals surface area contributed by atoms with E-state index in [-0.39, 0.29) is 6.61 Å². The number of aliphatic hydroxyl groups is 1. The van der Waals surface area contributed by atoms with Crippen molar-refractivity contribution in [1.82, 2.24) is 10.6 Å². The van der Waals surface area contributed by atoms with Crippen LogP contribution in [-0.4, -0.2) is 43.9 Å². The number of carbonyl (C=O) groups is 1. The summed E-state index contributed by atoms with van der Waals surface area (Å²) in [5.74, 6) is -0.469. The molecule has 3 N–H and O–H groups in total. The largest absolute Gasteiger partial charge is 0.381 e. The zero-order valence-corrected chi connectivity index (χ0v) is 11.4. The second-order valence-corrected chi connectivity index (χ2v) is 2.62. The van der Waals surface area contributed by atoms with Crippen molar-refractivity contribution in [2.75, 3.05) is 26.7 Å². The van der Waals surface area contributed by atoms with Crippen LogP contribution in [-0.2, 0) is 12.9 Å². The molecule has 0 aliphatic rings. The van der Waals surface area contributed by atoms with Crippen LogP contribution in [0.3, 0.4) is 0 Å². The Morgan fingerprint density at radius 3 is 2.53 bits per heavy atom. The normalized spacial score (nSPS) is 11.3. The van der Waals surface area contributed by atoms with E-state index >= 15 is 0 Å². The number of hydrogen-bond acceptors (Lipinski definition) is 5. The van der Waals surface area contributed by atoms with Gasteiger partial charge in [-0.3, -0.25) is 4.79 Å². The van der Waals surface area contributed by atoms with Crippen LogP contribution in [0.5, 0.6) is 0 Å². The van der Waals surface area contributed by atoms with Crippen LogP contribution in [0.2, 0.25) is 0 Å². The summed E-state index contributed by atoms with van der Waals surface area (Å²) >= 11 is 1.50. The average Bonchev–Trinajstić information content (AvgIpc) is 2.28. The van der Waals surface area contributed by atoms with Crippen LogP contribution in [0.1, 0.15) is 13.8 Å². The van der Waals surface area contributed by atoms with Crippen LogP contribution in [0.15, 0.2) is 0 Å². The molecule has 0 rings (SSSR count). The van der Waals surface area contributed by atoms with Crippen molar-refractivity contribution in [2.45, 2.75) is 20.0 Å². The van der Waals surface area contributed by atoms with Gasteiger partial charge in [-0.2, -0.15) is 3.22 Å². The molecule has 15 heavy (non-hydrogen) atoms. The van der Waals surface area contributed by atoms with Gasteiger partial charge in [0.15, 0.2) is 29.1 Å². The molecule has 0 bridgehead atoms. The number of amides is 1. The first-order chi connectivity index (χ1) is 7.22. The number of aliphatic hydroxyl groups excluding tert-OH is 1. The third-order valence-electron chi connectivity index (χ3n) is 1.25. The molecule has 0 aliphatic carbocycles. The minimum Gasteiger partial charge on any atom is -0.381 e. The standard InChI is InChI=1S/C6H13IN2O4.C2H6/c1-8-2-3-9-6(11)5(10)4-12-13-7;1-2/h5,8,10H,2-4H2,1H3,(H,9,11);1-2H3. The van der Waals surface area contributed by atoms with Gasteiger partial charge < -0.3 is 15.7 Å². The van der Waals surface area contributed by atoms with Crippen molar-refractivity contribution in [2.24, 2.45) is 0 Å². The molecule has 1 unspecified atom stereocenters. The summed E-state index contributed by atoms with van der Waals surface area (Å²) in [6, 6.07) is 0. The molecule has 0 radical (unpaired) electrons. The Hall–Kier alpha value is 0.0400. The van der Waals surface area contributed by atoms with Gasteiger partial charge in [0.05, 0.1) is 0 Å². The molecule has 92 valence electrons. The summed E-state index contributed by atoms with van der Waals surface area (Å²) in [6.07, 6.45) is -1.19. The Labute approximate surface area is 104 Å². The maximum Gasteiger partial charge on any atom is 0.251 e. The quantitative estimate of drug-likeness (QED) is 0.265. The maximum absolute atomic E-state index is 11.0. The van der Waals surface area contributed by atoms with E-state index in [2.05, 4.69) is 18.7 Å². The van der Waals surface area contributed by atoms with Crippen molar-refractivity contribution in [3.63, 3.8) is 0 Å². The molecule has 0 aromatic rings. The lowest BCUT2D eigenvalue weighted by atomic mass is 10.3. The Bertz CT molecular complexity index is 149. The molecule has 0 saturated carbocycles. The molecule has 7 heteroatoms. The zero-order valence-electron chi connectivity index (χ0n) is 9.25. The molecule has 1 amide bonds. The summed E-state index contributed by atoms with van der Waals surface area (Å²) < 4.78 is 4.21. The minimum atomic E-state index is -1.19.